The van der Waals surface area contributed by atoms with Crippen molar-refractivity contribution in [1.29, 1.82) is 10.5 Å². The van der Waals surface area contributed by atoms with Gasteiger partial charge in [0, 0.05) is 0 Å². The molecule has 0 aliphatic carbocycles. The summed E-state index contributed by atoms with van der Waals surface area (Å²) in [6.45, 7) is 0. The SMILES string of the molecule is N#CC[CH2][Hg][CH2]CC#N. The van der Waals surface area contributed by atoms with E-state index in [0.717, 1.165) is 20.7 Å². The van der Waals surface area contributed by atoms with Gasteiger partial charge in [-0.1, -0.05) is 0 Å². The minimum absolute atomic E-state index is 0.698. The Balaban J connectivity index is 2.79. The van der Waals surface area contributed by atoms with E-state index in [9.17, 15) is 0 Å². The van der Waals surface area contributed by atoms with Gasteiger partial charge in [-0.15, -0.1) is 0 Å². The standard InChI is InChI=1S/2C3H4N.Hg/c2*1-2-3-4;/h2*1-2H2;. The minimum atomic E-state index is -0.698. The quantitative estimate of drug-likeness (QED) is 0.586. The monoisotopic (exact) mass is 310 g/mol. The third-order valence-corrected chi connectivity index (χ3v) is 7.71. The van der Waals surface area contributed by atoms with Crippen LogP contribution in [0.5, 0.6) is 0 Å². The molecule has 0 rings (SSSR count). The second kappa shape index (κ2) is 7.92. The molecule has 0 bridgehead atoms. The van der Waals surface area contributed by atoms with Crippen LogP contribution in [0.3, 0.4) is 0 Å². The molecular weight excluding hydrogens is 301 g/mol. The molecule has 0 aliphatic heterocycles. The maximum atomic E-state index is 8.14. The van der Waals surface area contributed by atoms with Crippen molar-refractivity contribution in [2.45, 2.75) is 20.7 Å². The van der Waals surface area contributed by atoms with E-state index in [1.165, 1.54) is 0 Å². The van der Waals surface area contributed by atoms with Crippen LogP contribution in [0.4, 0.5) is 0 Å². The van der Waals surface area contributed by atoms with Crippen LogP contribution in [0.1, 0.15) is 12.8 Å². The van der Waals surface area contributed by atoms with Gasteiger partial charge in [-0.2, -0.15) is 0 Å². The molecule has 0 N–H and O–H groups in total. The van der Waals surface area contributed by atoms with Crippen LogP contribution >= 0.6 is 0 Å². The molecule has 0 aromatic rings. The van der Waals surface area contributed by atoms with Gasteiger partial charge in [-0.25, -0.2) is 0 Å². The molecule has 0 heterocycles. The topological polar surface area (TPSA) is 47.6 Å². The van der Waals surface area contributed by atoms with Gasteiger partial charge in [0.05, 0.1) is 0 Å². The first-order valence-corrected chi connectivity index (χ1v) is 10.9. The molecule has 9 heavy (non-hydrogen) atoms. The molecule has 2 nitrogen and oxygen atoms in total. The van der Waals surface area contributed by atoms with Crippen LogP contribution in [-0.2, 0) is 24.6 Å². The van der Waals surface area contributed by atoms with E-state index >= 15 is 0 Å². The third-order valence-electron chi connectivity index (χ3n) is 1.08. The predicted molar refractivity (Wildman–Crippen MR) is 30.1 cm³/mol. The van der Waals surface area contributed by atoms with E-state index in [2.05, 4.69) is 12.1 Å². The summed E-state index contributed by atoms with van der Waals surface area (Å²) in [7, 11) is 0. The van der Waals surface area contributed by atoms with Crippen molar-refractivity contribution in [1.82, 2.24) is 0 Å². The molecule has 0 aliphatic rings. The summed E-state index contributed by atoms with van der Waals surface area (Å²) in [6.07, 6.45) is 1.46. The van der Waals surface area contributed by atoms with Gasteiger partial charge >= 0.3 is 67.9 Å². The molecule has 0 saturated heterocycles. The van der Waals surface area contributed by atoms with Crippen molar-refractivity contribution in [3.63, 3.8) is 0 Å². The third kappa shape index (κ3) is 7.92. The van der Waals surface area contributed by atoms with Crippen molar-refractivity contribution in [3.05, 3.63) is 0 Å². The van der Waals surface area contributed by atoms with E-state index in [0.29, 0.717) is 0 Å². The molecule has 0 atom stereocenters. The summed E-state index contributed by atoms with van der Waals surface area (Å²) >= 11 is -0.698. The van der Waals surface area contributed by atoms with Gasteiger partial charge in [0.15, 0.2) is 0 Å². The molecule has 0 amide bonds. The summed E-state index contributed by atoms with van der Waals surface area (Å²) in [4.78, 5) is 0. The van der Waals surface area contributed by atoms with Crippen LogP contribution < -0.4 is 0 Å². The van der Waals surface area contributed by atoms with E-state index in [-0.39, 0.29) is 0 Å². The predicted octanol–water partition coefficient (Wildman–Crippen LogP) is 1.73. The normalized spacial score (nSPS) is 6.89. The first-order chi connectivity index (χ1) is 4.41. The van der Waals surface area contributed by atoms with E-state index < -0.39 is 24.6 Å². The van der Waals surface area contributed by atoms with Gasteiger partial charge < -0.3 is 0 Å². The first-order valence-electron chi connectivity index (χ1n) is 3.15. The van der Waals surface area contributed by atoms with Crippen molar-refractivity contribution in [2.24, 2.45) is 0 Å². The summed E-state index contributed by atoms with van der Waals surface area (Å²) in [5.74, 6) is 0. The Morgan fingerprint density at radius 1 is 1.00 bits per heavy atom. The molecule has 0 aromatic carbocycles. The van der Waals surface area contributed by atoms with Crippen molar-refractivity contribution >= 4 is 0 Å². The fraction of sp³-hybridized carbons (Fsp3) is 0.667. The number of hydrogen-bond acceptors (Lipinski definition) is 2. The molecule has 0 aromatic heterocycles. The maximum absolute atomic E-state index is 8.14. The second-order valence-corrected chi connectivity index (χ2v) is 10.1. The van der Waals surface area contributed by atoms with E-state index in [1.54, 1.807) is 0 Å². The average Bonchev–Trinajstić information content (AvgIpc) is 1.89. The Bertz CT molecular complexity index is 115. The van der Waals surface area contributed by atoms with E-state index in [1.807, 2.05) is 0 Å². The molecule has 0 unspecified atom stereocenters. The fourth-order valence-corrected chi connectivity index (χ4v) is 5.13. The molecule has 3 heteroatoms. The summed E-state index contributed by atoms with van der Waals surface area (Å²) in [6, 6.07) is 4.23. The average molecular weight is 309 g/mol. The Morgan fingerprint density at radius 2 is 1.44 bits per heavy atom. The van der Waals surface area contributed by atoms with Crippen LogP contribution in [-0.4, -0.2) is 0 Å². The zero-order valence-electron chi connectivity index (χ0n) is 5.43. The molecule has 44 valence electrons. The van der Waals surface area contributed by atoms with Gasteiger partial charge in [-0.05, 0) is 0 Å². The second-order valence-electron chi connectivity index (χ2n) is 1.88. The van der Waals surface area contributed by atoms with Crippen molar-refractivity contribution in [3.8, 4) is 12.1 Å². The Kier molecular flexibility index (Phi) is 7.84. The zero-order chi connectivity index (χ0) is 6.95. The Labute approximate surface area is 67.9 Å². The van der Waals surface area contributed by atoms with Crippen LogP contribution in [0.25, 0.3) is 0 Å². The molecular formula is C6H8HgN2. The molecule has 0 fully saturated rings. The Hall–Kier alpha value is -0.0849. The molecule has 0 spiro atoms. The van der Waals surface area contributed by atoms with Crippen LogP contribution in [0.2, 0.25) is 7.86 Å². The van der Waals surface area contributed by atoms with Gasteiger partial charge in [-0.3, -0.25) is 0 Å². The van der Waals surface area contributed by atoms with Crippen LogP contribution in [0, 0.1) is 22.7 Å². The van der Waals surface area contributed by atoms with Gasteiger partial charge in [0.1, 0.15) is 0 Å². The molecule has 0 saturated carbocycles. The summed E-state index contributed by atoms with van der Waals surface area (Å²) in [5.41, 5.74) is 0. The first kappa shape index (κ1) is 8.92. The number of hydrogen-bond donors (Lipinski definition) is 0. The summed E-state index contributed by atoms with van der Waals surface area (Å²) in [5, 5.41) is 16.3. The number of rotatable bonds is 4. The van der Waals surface area contributed by atoms with Crippen molar-refractivity contribution in [2.75, 3.05) is 0 Å². The number of nitriles is 2. The Morgan fingerprint density at radius 3 is 1.78 bits per heavy atom. The summed E-state index contributed by atoms with van der Waals surface area (Å²) < 4.78 is 2.33. The van der Waals surface area contributed by atoms with Gasteiger partial charge in [0.2, 0.25) is 0 Å². The van der Waals surface area contributed by atoms with Crippen molar-refractivity contribution < 1.29 is 24.6 Å². The van der Waals surface area contributed by atoms with Gasteiger partial charge in [0.25, 0.3) is 0 Å². The van der Waals surface area contributed by atoms with E-state index in [4.69, 9.17) is 10.5 Å². The molecule has 0 radical (unpaired) electrons. The fourth-order valence-electron chi connectivity index (χ4n) is 0.585. The van der Waals surface area contributed by atoms with Crippen LogP contribution in [0.15, 0.2) is 0 Å². The zero-order valence-corrected chi connectivity index (χ0v) is 10.9. The number of nitrogens with zero attached hydrogens (tertiary/aromatic N) is 2.